The molecule has 3 amide bonds. The number of carbonyl (C=O) groups excluding carboxylic acids is 3. The summed E-state index contributed by atoms with van der Waals surface area (Å²) < 4.78 is 12.1. The third-order valence-electron chi connectivity index (χ3n) is 13.1. The summed E-state index contributed by atoms with van der Waals surface area (Å²) in [4.78, 5) is 71.1. The van der Waals surface area contributed by atoms with Gasteiger partial charge in [-0.2, -0.15) is 0 Å². The maximum Gasteiger partial charge on any atom is 0.320 e. The Bertz CT molecular complexity index is 1600. The molecule has 1 aliphatic heterocycles. The number of ether oxygens (including phenoxy) is 2. The number of carboxylic acid groups (broad SMARTS) is 2. The van der Waals surface area contributed by atoms with Gasteiger partial charge in [0.15, 0.2) is 0 Å². The molecule has 0 bridgehead atoms. The molecule has 0 saturated carbocycles. The molecule has 0 spiro atoms. The SMILES string of the molecule is CC[C@H](C)[C@@H](C(CC(O)N1CCCC1C(OC)[C@@H](C)C(=O)N[C@@H](Cc1ccccc1)C(O)NC(CCC(=O)O)C(=O)O)OC)N(C)C(=O)[C@@H](NC(=O)C(C(C)C)N(C)C(C)C)C(C)C. The summed E-state index contributed by atoms with van der Waals surface area (Å²) in [5, 5.41) is 50.8. The summed E-state index contributed by atoms with van der Waals surface area (Å²) in [7, 11) is 6.71. The highest BCUT2D eigenvalue weighted by Crippen LogP contribution is 2.31. The molecular weight excluding hydrogens is 825 g/mol. The van der Waals surface area contributed by atoms with Crippen LogP contribution in [0.15, 0.2) is 30.3 Å². The summed E-state index contributed by atoms with van der Waals surface area (Å²) in [6.45, 7) is 18.1. The lowest BCUT2D eigenvalue weighted by atomic mass is 9.89. The maximum absolute atomic E-state index is 14.5. The zero-order valence-corrected chi connectivity index (χ0v) is 40.7. The summed E-state index contributed by atoms with van der Waals surface area (Å²) in [5.74, 6) is -4.50. The van der Waals surface area contributed by atoms with Crippen molar-refractivity contribution in [3.05, 3.63) is 35.9 Å². The van der Waals surface area contributed by atoms with E-state index in [0.29, 0.717) is 25.8 Å². The number of hydrogen-bond acceptors (Lipinski definition) is 12. The number of likely N-dealkylation sites (tertiary alicyclic amines) is 1. The van der Waals surface area contributed by atoms with Crippen molar-refractivity contribution in [3.8, 4) is 0 Å². The Morgan fingerprint density at radius 1 is 0.875 bits per heavy atom. The predicted molar refractivity (Wildman–Crippen MR) is 245 cm³/mol. The zero-order chi connectivity index (χ0) is 48.6. The molecule has 366 valence electrons. The first-order chi connectivity index (χ1) is 30.0. The van der Waals surface area contributed by atoms with Gasteiger partial charge in [-0.15, -0.1) is 0 Å². The first-order valence-corrected chi connectivity index (χ1v) is 23.0. The number of aliphatic hydroxyl groups excluding tert-OH is 2. The van der Waals surface area contributed by atoms with Crippen molar-refractivity contribution in [1.82, 2.24) is 30.7 Å². The summed E-state index contributed by atoms with van der Waals surface area (Å²) >= 11 is 0. The lowest BCUT2D eigenvalue weighted by Gasteiger charge is -2.42. The molecule has 0 radical (unpaired) electrons. The van der Waals surface area contributed by atoms with E-state index in [0.717, 1.165) is 5.56 Å². The minimum atomic E-state index is -1.55. The first kappa shape index (κ1) is 56.4. The van der Waals surface area contributed by atoms with Crippen molar-refractivity contribution < 1.29 is 53.9 Å². The zero-order valence-electron chi connectivity index (χ0n) is 40.7. The fraction of sp³-hybridized carbons (Fsp3) is 0.766. The predicted octanol–water partition coefficient (Wildman–Crippen LogP) is 3.16. The highest BCUT2D eigenvalue weighted by atomic mass is 16.5. The van der Waals surface area contributed by atoms with Crippen LogP contribution in [0.5, 0.6) is 0 Å². The molecule has 17 nitrogen and oxygen atoms in total. The lowest BCUT2D eigenvalue weighted by molar-refractivity contribution is -0.146. The fourth-order valence-corrected chi connectivity index (χ4v) is 9.03. The summed E-state index contributed by atoms with van der Waals surface area (Å²) in [5.41, 5.74) is 0.765. The third-order valence-corrected chi connectivity index (χ3v) is 13.1. The van der Waals surface area contributed by atoms with Gasteiger partial charge in [-0.25, -0.2) is 0 Å². The quantitative estimate of drug-likeness (QED) is 0.0574. The van der Waals surface area contributed by atoms with Crippen molar-refractivity contribution in [2.45, 2.75) is 174 Å². The van der Waals surface area contributed by atoms with Gasteiger partial charge in [0.1, 0.15) is 24.5 Å². The monoisotopic (exact) mass is 907 g/mol. The third kappa shape index (κ3) is 16.0. The van der Waals surface area contributed by atoms with Crippen LogP contribution in [0, 0.1) is 23.7 Å². The molecule has 17 heteroatoms. The molecule has 0 aliphatic carbocycles. The van der Waals surface area contributed by atoms with Crippen LogP contribution in [0.1, 0.15) is 106 Å². The molecule has 1 aromatic carbocycles. The van der Waals surface area contributed by atoms with E-state index >= 15 is 0 Å². The van der Waals surface area contributed by atoms with E-state index in [1.807, 2.05) is 90.4 Å². The highest BCUT2D eigenvalue weighted by molar-refractivity contribution is 5.90. The number of methoxy groups -OCH3 is 2. The number of amides is 3. The van der Waals surface area contributed by atoms with Gasteiger partial charge >= 0.3 is 11.9 Å². The molecule has 2 rings (SSSR count). The number of nitrogens with zero attached hydrogens (tertiary/aromatic N) is 3. The van der Waals surface area contributed by atoms with Gasteiger partial charge in [-0.3, -0.25) is 39.1 Å². The smallest absolute Gasteiger partial charge is 0.320 e. The number of rotatable bonds is 29. The number of aliphatic hydroxyl groups is 2. The van der Waals surface area contributed by atoms with Crippen molar-refractivity contribution in [2.24, 2.45) is 23.7 Å². The van der Waals surface area contributed by atoms with E-state index in [1.165, 1.54) is 7.11 Å². The second-order valence-electron chi connectivity index (χ2n) is 18.7. The first-order valence-electron chi connectivity index (χ1n) is 23.0. The summed E-state index contributed by atoms with van der Waals surface area (Å²) in [6, 6.07) is 4.68. The largest absolute Gasteiger partial charge is 0.481 e. The second kappa shape index (κ2) is 27.1. The van der Waals surface area contributed by atoms with Crippen molar-refractivity contribution in [3.63, 3.8) is 0 Å². The molecular formula is C47H82N6O11. The van der Waals surface area contributed by atoms with Crippen molar-refractivity contribution >= 4 is 29.7 Å². The average molecular weight is 907 g/mol. The minimum Gasteiger partial charge on any atom is -0.481 e. The Labute approximate surface area is 382 Å². The van der Waals surface area contributed by atoms with E-state index in [1.54, 1.807) is 38.1 Å². The molecule has 0 aromatic heterocycles. The number of hydrogen-bond donors (Lipinski definition) is 7. The molecule has 1 fully saturated rings. The van der Waals surface area contributed by atoms with Crippen LogP contribution in [-0.2, 0) is 39.9 Å². The van der Waals surface area contributed by atoms with Gasteiger partial charge in [0.05, 0.1) is 36.3 Å². The van der Waals surface area contributed by atoms with Gasteiger partial charge in [0.25, 0.3) is 0 Å². The van der Waals surface area contributed by atoms with Crippen LogP contribution in [0.4, 0.5) is 0 Å². The van der Waals surface area contributed by atoms with Gasteiger partial charge in [-0.05, 0) is 69.9 Å². The number of likely N-dealkylation sites (N-methyl/N-ethyl adjacent to an activating group) is 2. The molecule has 7 N–H and O–H groups in total. The van der Waals surface area contributed by atoms with Gasteiger partial charge in [0, 0.05) is 52.7 Å². The van der Waals surface area contributed by atoms with E-state index in [-0.39, 0.29) is 54.9 Å². The number of carboxylic acids is 2. The van der Waals surface area contributed by atoms with Crippen LogP contribution >= 0.6 is 0 Å². The lowest BCUT2D eigenvalue weighted by Crippen LogP contribution is -2.60. The Morgan fingerprint density at radius 3 is 2.00 bits per heavy atom. The summed E-state index contributed by atoms with van der Waals surface area (Å²) in [6.07, 6.45) is -2.34. The van der Waals surface area contributed by atoms with Crippen LogP contribution in [-0.4, -0.2) is 167 Å². The van der Waals surface area contributed by atoms with E-state index < -0.39 is 91.1 Å². The minimum absolute atomic E-state index is 0.00756. The van der Waals surface area contributed by atoms with Gasteiger partial charge < -0.3 is 45.4 Å². The number of nitrogens with one attached hydrogen (secondary N) is 3. The standard InChI is InChI=1S/C47H82N6O11/c1-14-30(8)41(52(11)46(60)39(27(2)3)50-45(59)40(28(4)5)51(10)29(6)7)36(63-12)26-37(54)53-24-18-21-35(53)42(64-13)31(9)43(57)49-34(25-32-19-16-15-17-20-32)44(58)48-33(47(61)62)22-23-38(55)56/h15-17,19-20,27-31,33-37,39-42,44,48,54,58H,14,18,21-26H2,1-13H3,(H,49,57)(H,50,59)(H,55,56)(H,61,62)/t30-,31+,33?,34-,35?,36?,37?,39-,40?,41-,42?,44?/m0/s1. The molecule has 1 aliphatic rings. The van der Waals surface area contributed by atoms with Crippen LogP contribution < -0.4 is 16.0 Å². The normalized spacial score (nSPS) is 19.9. The molecule has 1 aromatic rings. The second-order valence-corrected chi connectivity index (χ2v) is 18.7. The highest BCUT2D eigenvalue weighted by Gasteiger charge is 2.44. The number of aliphatic carboxylic acids is 2. The van der Waals surface area contributed by atoms with Crippen LogP contribution in [0.25, 0.3) is 0 Å². The van der Waals surface area contributed by atoms with Gasteiger partial charge in [-0.1, -0.05) is 85.2 Å². The van der Waals surface area contributed by atoms with Crippen LogP contribution in [0.2, 0.25) is 0 Å². The maximum atomic E-state index is 14.5. The number of carbonyl (C=O) groups is 5. The average Bonchev–Trinajstić information content (AvgIpc) is 3.73. The Balaban J connectivity index is 2.35. The van der Waals surface area contributed by atoms with Crippen molar-refractivity contribution in [2.75, 3.05) is 34.9 Å². The van der Waals surface area contributed by atoms with Crippen molar-refractivity contribution in [1.29, 1.82) is 0 Å². The molecule has 7 unspecified atom stereocenters. The molecule has 64 heavy (non-hydrogen) atoms. The van der Waals surface area contributed by atoms with Gasteiger partial charge in [0.2, 0.25) is 17.7 Å². The van der Waals surface area contributed by atoms with E-state index in [4.69, 9.17) is 14.6 Å². The Morgan fingerprint density at radius 2 is 1.50 bits per heavy atom. The molecule has 12 atom stereocenters. The fourth-order valence-electron chi connectivity index (χ4n) is 9.03. The topological polar surface area (TPSA) is 231 Å². The Kier molecular flexibility index (Phi) is 23.9. The molecule has 1 saturated heterocycles. The van der Waals surface area contributed by atoms with Crippen LogP contribution in [0.3, 0.4) is 0 Å². The van der Waals surface area contributed by atoms with E-state index in [2.05, 4.69) is 16.0 Å². The molecule has 1 heterocycles. The Hall–Kier alpha value is -3.71. The number of benzene rings is 1. The van der Waals surface area contributed by atoms with E-state index in [9.17, 15) is 39.3 Å².